The highest BCUT2D eigenvalue weighted by molar-refractivity contribution is 5.96. The van der Waals surface area contributed by atoms with Crippen LogP contribution in [0.5, 0.6) is 0 Å². The lowest BCUT2D eigenvalue weighted by molar-refractivity contribution is 0.00522. The molecule has 3 heterocycles. The van der Waals surface area contributed by atoms with E-state index in [1.54, 1.807) is 71.0 Å². The summed E-state index contributed by atoms with van der Waals surface area (Å²) >= 11 is 0. The Labute approximate surface area is 237 Å². The Balaban J connectivity index is 1.51. The zero-order valence-corrected chi connectivity index (χ0v) is 24.2. The molecule has 2 aliphatic carbocycles. The number of nitrogens with one attached hydrogen (secondary N) is 2. The molecular weight excluding hydrogens is 530 g/mol. The second-order valence-electron chi connectivity index (χ2n) is 11.5. The first-order chi connectivity index (χ1) is 19.5. The summed E-state index contributed by atoms with van der Waals surface area (Å²) in [7, 11) is 4.84. The van der Waals surface area contributed by atoms with Crippen molar-refractivity contribution in [2.45, 2.75) is 76.3 Å². The Morgan fingerprint density at radius 3 is 2.54 bits per heavy atom. The molecule has 41 heavy (non-hydrogen) atoms. The van der Waals surface area contributed by atoms with Gasteiger partial charge in [-0.05, 0) is 58.6 Å². The number of methoxy groups -OCH3 is 2. The number of carbonyl (C=O) groups excluding carboxylic acids is 2. The molecule has 2 saturated carbocycles. The molecule has 5 rings (SSSR count). The number of aromatic nitrogens is 4. The quantitative estimate of drug-likeness (QED) is 0.419. The van der Waals surface area contributed by atoms with E-state index in [9.17, 15) is 14.4 Å². The van der Waals surface area contributed by atoms with Crippen molar-refractivity contribution in [3.8, 4) is 0 Å². The average Bonchev–Trinajstić information content (AvgIpc) is 3.30. The summed E-state index contributed by atoms with van der Waals surface area (Å²) in [5.74, 6) is -0.133. The minimum absolute atomic E-state index is 0.0462. The van der Waals surface area contributed by atoms with Crippen molar-refractivity contribution in [2.75, 3.05) is 31.5 Å². The number of anilines is 3. The van der Waals surface area contributed by atoms with Crippen LogP contribution in [0.3, 0.4) is 0 Å². The number of amides is 2. The fourth-order valence-corrected chi connectivity index (χ4v) is 4.99. The van der Waals surface area contributed by atoms with E-state index in [-0.39, 0.29) is 52.9 Å². The molecule has 0 unspecified atom stereocenters. The lowest BCUT2D eigenvalue weighted by atomic mass is 9.89. The maximum Gasteiger partial charge on any atom is 0.414 e. The molecule has 0 bridgehead atoms. The molecule has 3 aromatic rings. The molecule has 2 N–H and O–H groups in total. The molecule has 0 spiro atoms. The Hall–Kier alpha value is -3.97. The summed E-state index contributed by atoms with van der Waals surface area (Å²) in [5, 5.41) is 10.7. The standard InChI is InChI=1S/C28H37N7O6/c1-28(2,3)41-27(38)33(4)20-14-23(30-19-8-7-11-34(26(19)37)16-12-17(13-16)39-5)32-35-21(15-29-24(20)35)25(36)31-18-9-10-22(18)40-6/h7-8,11,14-18,22H,9-10,12-13H2,1-6H3,(H,30,32)(H,31,36)/t16-,17-,18-,22-/m0/s1. The van der Waals surface area contributed by atoms with Gasteiger partial charge in [-0.3, -0.25) is 14.5 Å². The first-order valence-corrected chi connectivity index (χ1v) is 13.7. The molecule has 2 fully saturated rings. The number of pyridine rings is 1. The highest BCUT2D eigenvalue weighted by Gasteiger charge is 2.34. The van der Waals surface area contributed by atoms with Gasteiger partial charge in [0, 0.05) is 39.6 Å². The van der Waals surface area contributed by atoms with Crippen LogP contribution in [0.2, 0.25) is 0 Å². The average molecular weight is 568 g/mol. The van der Waals surface area contributed by atoms with Crippen molar-refractivity contribution in [1.29, 1.82) is 0 Å². The Kier molecular flexibility index (Phi) is 7.75. The van der Waals surface area contributed by atoms with Gasteiger partial charge in [0.25, 0.3) is 11.5 Å². The van der Waals surface area contributed by atoms with Crippen molar-refractivity contribution in [2.24, 2.45) is 0 Å². The van der Waals surface area contributed by atoms with E-state index in [0.717, 1.165) is 25.7 Å². The number of imidazole rings is 1. The highest BCUT2D eigenvalue weighted by Crippen LogP contribution is 2.33. The molecular formula is C28H37N7O6. The topological polar surface area (TPSA) is 141 Å². The van der Waals surface area contributed by atoms with Gasteiger partial charge >= 0.3 is 6.09 Å². The summed E-state index contributed by atoms with van der Waals surface area (Å²) in [4.78, 5) is 45.3. The van der Waals surface area contributed by atoms with Crippen LogP contribution >= 0.6 is 0 Å². The molecule has 2 amide bonds. The van der Waals surface area contributed by atoms with Crippen molar-refractivity contribution in [3.63, 3.8) is 0 Å². The number of hydrogen-bond acceptors (Lipinski definition) is 9. The molecule has 13 heteroatoms. The minimum atomic E-state index is -0.727. The van der Waals surface area contributed by atoms with E-state index >= 15 is 0 Å². The van der Waals surface area contributed by atoms with Crippen LogP contribution in [0.25, 0.3) is 5.65 Å². The van der Waals surface area contributed by atoms with E-state index in [0.29, 0.717) is 11.4 Å². The van der Waals surface area contributed by atoms with Crippen LogP contribution < -0.4 is 21.1 Å². The van der Waals surface area contributed by atoms with Gasteiger partial charge < -0.3 is 29.4 Å². The third-order valence-electron chi connectivity index (χ3n) is 7.57. The number of carbonyl (C=O) groups is 2. The maximum atomic E-state index is 13.3. The molecule has 2 atom stereocenters. The number of fused-ring (bicyclic) bond motifs is 1. The summed E-state index contributed by atoms with van der Waals surface area (Å²) < 4.78 is 19.4. The third kappa shape index (κ3) is 5.77. The molecule has 13 nitrogen and oxygen atoms in total. The van der Waals surface area contributed by atoms with Crippen LogP contribution in [0.1, 0.15) is 63.0 Å². The maximum absolute atomic E-state index is 13.3. The third-order valence-corrected chi connectivity index (χ3v) is 7.57. The van der Waals surface area contributed by atoms with Gasteiger partial charge in [0.2, 0.25) is 0 Å². The lowest BCUT2D eigenvalue weighted by Crippen LogP contribution is -2.51. The number of nitrogens with zero attached hydrogens (tertiary/aromatic N) is 5. The number of hydrogen-bond donors (Lipinski definition) is 2. The summed E-state index contributed by atoms with van der Waals surface area (Å²) in [6.45, 7) is 5.32. The Bertz CT molecular complexity index is 1500. The minimum Gasteiger partial charge on any atom is -0.443 e. The van der Waals surface area contributed by atoms with Crippen LogP contribution in [0, 0.1) is 0 Å². The number of rotatable bonds is 8. The van der Waals surface area contributed by atoms with Crippen LogP contribution in [0.4, 0.5) is 22.0 Å². The largest absolute Gasteiger partial charge is 0.443 e. The van der Waals surface area contributed by atoms with E-state index < -0.39 is 11.7 Å². The molecule has 220 valence electrons. The summed E-state index contributed by atoms with van der Waals surface area (Å²) in [5.41, 5.74) is 0.151. The van der Waals surface area contributed by atoms with Gasteiger partial charge in [-0.15, -0.1) is 5.10 Å². The van der Waals surface area contributed by atoms with Crippen molar-refractivity contribution >= 4 is 34.8 Å². The van der Waals surface area contributed by atoms with Crippen molar-refractivity contribution in [3.05, 3.63) is 46.6 Å². The second-order valence-corrected chi connectivity index (χ2v) is 11.5. The SMILES string of the molecule is CO[C@H]1CC[C@@H]1NC(=O)c1cnc2c(N(C)C(=O)OC(C)(C)C)cc(Nc3cccn([C@H]4C[C@H](OC)C4)c3=O)nn12. The summed E-state index contributed by atoms with van der Waals surface area (Å²) in [6.07, 6.45) is 5.84. The lowest BCUT2D eigenvalue weighted by Gasteiger charge is -2.35. The fourth-order valence-electron chi connectivity index (χ4n) is 4.99. The van der Waals surface area contributed by atoms with Crippen LogP contribution in [0.15, 0.2) is 35.4 Å². The zero-order valence-electron chi connectivity index (χ0n) is 24.2. The van der Waals surface area contributed by atoms with E-state index in [2.05, 4.69) is 20.7 Å². The normalized spacial score (nSPS) is 22.0. The Morgan fingerprint density at radius 2 is 1.90 bits per heavy atom. The molecule has 2 aliphatic rings. The predicted molar refractivity (Wildman–Crippen MR) is 152 cm³/mol. The van der Waals surface area contributed by atoms with E-state index in [1.807, 2.05) is 0 Å². The molecule has 0 saturated heterocycles. The monoisotopic (exact) mass is 567 g/mol. The van der Waals surface area contributed by atoms with Gasteiger partial charge in [-0.1, -0.05) is 0 Å². The first kappa shape index (κ1) is 28.6. The molecule has 3 aromatic heterocycles. The molecule has 0 radical (unpaired) electrons. The predicted octanol–water partition coefficient (Wildman–Crippen LogP) is 3.26. The Morgan fingerprint density at radius 1 is 1.15 bits per heavy atom. The molecule has 0 aliphatic heterocycles. The van der Waals surface area contributed by atoms with Crippen LogP contribution in [-0.2, 0) is 14.2 Å². The zero-order chi connectivity index (χ0) is 29.5. The molecule has 0 aromatic carbocycles. The van der Waals surface area contributed by atoms with Gasteiger partial charge in [0.15, 0.2) is 17.2 Å². The van der Waals surface area contributed by atoms with E-state index in [1.165, 1.54) is 15.6 Å². The number of ether oxygens (including phenoxy) is 3. The highest BCUT2D eigenvalue weighted by atomic mass is 16.6. The van der Waals surface area contributed by atoms with Gasteiger partial charge in [-0.2, -0.15) is 0 Å². The van der Waals surface area contributed by atoms with Gasteiger partial charge in [0.05, 0.1) is 30.1 Å². The van der Waals surface area contributed by atoms with Crippen molar-refractivity contribution in [1.82, 2.24) is 24.5 Å². The van der Waals surface area contributed by atoms with Gasteiger partial charge in [-0.25, -0.2) is 14.3 Å². The summed E-state index contributed by atoms with van der Waals surface area (Å²) in [6, 6.07) is 4.98. The van der Waals surface area contributed by atoms with E-state index in [4.69, 9.17) is 14.2 Å². The first-order valence-electron chi connectivity index (χ1n) is 13.7. The van der Waals surface area contributed by atoms with Gasteiger partial charge in [0.1, 0.15) is 11.3 Å². The fraction of sp³-hybridized carbons (Fsp3) is 0.536. The van der Waals surface area contributed by atoms with Crippen LogP contribution in [-0.4, -0.2) is 76.3 Å². The van der Waals surface area contributed by atoms with Crippen molar-refractivity contribution < 1.29 is 23.8 Å². The second kappa shape index (κ2) is 11.1. The smallest absolute Gasteiger partial charge is 0.414 e.